The van der Waals surface area contributed by atoms with Gasteiger partial charge >= 0.3 is 0 Å². The maximum absolute atomic E-state index is 11.6. The van der Waals surface area contributed by atoms with E-state index in [0.29, 0.717) is 6.04 Å². The topological polar surface area (TPSA) is 40.5 Å². The SMILES string of the molecule is C[C@H](CN1CCN(C)CC1)NCCCn1ccccc1=O. The van der Waals surface area contributed by atoms with Gasteiger partial charge in [-0.15, -0.1) is 0 Å². The van der Waals surface area contributed by atoms with Crippen LogP contribution >= 0.6 is 0 Å². The highest BCUT2D eigenvalue weighted by atomic mass is 16.1. The molecule has 1 aliphatic rings. The van der Waals surface area contributed by atoms with E-state index < -0.39 is 0 Å². The number of piperazine rings is 1. The van der Waals surface area contributed by atoms with Crippen LogP contribution in [0, 0.1) is 0 Å². The van der Waals surface area contributed by atoms with Crippen LogP contribution in [0.4, 0.5) is 0 Å². The van der Waals surface area contributed by atoms with E-state index in [0.717, 1.165) is 26.1 Å². The van der Waals surface area contributed by atoms with Crippen LogP contribution in [0.2, 0.25) is 0 Å². The van der Waals surface area contributed by atoms with Crippen molar-refractivity contribution in [3.05, 3.63) is 34.7 Å². The summed E-state index contributed by atoms with van der Waals surface area (Å²) in [5, 5.41) is 3.56. The molecule has 1 fully saturated rings. The van der Waals surface area contributed by atoms with Gasteiger partial charge in [0, 0.05) is 57.6 Å². The van der Waals surface area contributed by atoms with Gasteiger partial charge in [-0.25, -0.2) is 0 Å². The molecule has 5 nitrogen and oxygen atoms in total. The third kappa shape index (κ3) is 5.61. The Hall–Kier alpha value is -1.17. The summed E-state index contributed by atoms with van der Waals surface area (Å²) in [5.74, 6) is 0. The van der Waals surface area contributed by atoms with Crippen LogP contribution in [-0.2, 0) is 6.54 Å². The van der Waals surface area contributed by atoms with Gasteiger partial charge in [0.25, 0.3) is 0 Å². The Labute approximate surface area is 127 Å². The van der Waals surface area contributed by atoms with Gasteiger partial charge in [0.15, 0.2) is 0 Å². The van der Waals surface area contributed by atoms with Crippen LogP contribution in [-0.4, -0.2) is 66.7 Å². The van der Waals surface area contributed by atoms with Gasteiger partial charge in [0.1, 0.15) is 0 Å². The number of aryl methyl sites for hydroxylation is 1. The zero-order valence-electron chi connectivity index (χ0n) is 13.3. The lowest BCUT2D eigenvalue weighted by Gasteiger charge is -2.34. The van der Waals surface area contributed by atoms with Crippen molar-refractivity contribution >= 4 is 0 Å². The fourth-order valence-corrected chi connectivity index (χ4v) is 2.73. The number of pyridine rings is 1. The van der Waals surface area contributed by atoms with Crippen LogP contribution in [0.3, 0.4) is 0 Å². The Bertz CT molecular complexity index is 465. The highest BCUT2D eigenvalue weighted by molar-refractivity contribution is 4.93. The summed E-state index contributed by atoms with van der Waals surface area (Å²) in [5.41, 5.74) is 0.0861. The second-order valence-electron chi connectivity index (χ2n) is 6.04. The Kier molecular flexibility index (Phi) is 6.42. The molecule has 0 spiro atoms. The van der Waals surface area contributed by atoms with Crippen molar-refractivity contribution in [3.63, 3.8) is 0 Å². The van der Waals surface area contributed by atoms with E-state index in [1.54, 1.807) is 16.7 Å². The molecule has 0 unspecified atom stereocenters. The van der Waals surface area contributed by atoms with Crippen molar-refractivity contribution in [2.24, 2.45) is 0 Å². The van der Waals surface area contributed by atoms with Crippen molar-refractivity contribution in [3.8, 4) is 0 Å². The first-order valence-electron chi connectivity index (χ1n) is 7.95. The number of likely N-dealkylation sites (N-methyl/N-ethyl adjacent to an activating group) is 1. The van der Waals surface area contributed by atoms with Gasteiger partial charge in [-0.1, -0.05) is 6.07 Å². The van der Waals surface area contributed by atoms with Gasteiger partial charge in [0.2, 0.25) is 5.56 Å². The first-order chi connectivity index (χ1) is 10.1. The molecule has 2 heterocycles. The fourth-order valence-electron chi connectivity index (χ4n) is 2.73. The molecule has 1 aliphatic heterocycles. The van der Waals surface area contributed by atoms with Crippen LogP contribution in [0.1, 0.15) is 13.3 Å². The summed E-state index contributed by atoms with van der Waals surface area (Å²) < 4.78 is 1.77. The number of aromatic nitrogens is 1. The molecule has 1 aromatic heterocycles. The molecule has 21 heavy (non-hydrogen) atoms. The summed E-state index contributed by atoms with van der Waals surface area (Å²) >= 11 is 0. The van der Waals surface area contributed by atoms with Gasteiger partial charge < -0.3 is 14.8 Å². The van der Waals surface area contributed by atoms with E-state index in [4.69, 9.17) is 0 Å². The highest BCUT2D eigenvalue weighted by Gasteiger charge is 2.15. The normalized spacial score (nSPS) is 18.8. The van der Waals surface area contributed by atoms with E-state index in [9.17, 15) is 4.79 Å². The number of nitrogens with zero attached hydrogens (tertiary/aromatic N) is 3. The van der Waals surface area contributed by atoms with Crippen molar-refractivity contribution in [2.45, 2.75) is 25.9 Å². The van der Waals surface area contributed by atoms with E-state index in [1.807, 2.05) is 12.3 Å². The Balaban J connectivity index is 1.60. The quantitative estimate of drug-likeness (QED) is 0.742. The summed E-state index contributed by atoms with van der Waals surface area (Å²) in [4.78, 5) is 16.5. The molecule has 0 radical (unpaired) electrons. The molecule has 0 saturated carbocycles. The standard InChI is InChI=1S/C16H28N4O/c1-15(14-19-12-10-18(2)11-13-19)17-7-5-9-20-8-4-3-6-16(20)21/h3-4,6,8,15,17H,5,7,9-14H2,1-2H3/t15-/m1/s1. The third-order valence-electron chi connectivity index (χ3n) is 4.10. The average Bonchev–Trinajstić information content (AvgIpc) is 2.48. The van der Waals surface area contributed by atoms with Crippen molar-refractivity contribution in [2.75, 3.05) is 46.3 Å². The summed E-state index contributed by atoms with van der Waals surface area (Å²) in [7, 11) is 2.19. The molecule has 118 valence electrons. The second-order valence-corrected chi connectivity index (χ2v) is 6.04. The first kappa shape index (κ1) is 16.2. The third-order valence-corrected chi connectivity index (χ3v) is 4.10. The van der Waals surface area contributed by atoms with Crippen molar-refractivity contribution in [1.82, 2.24) is 19.7 Å². The Morgan fingerprint density at radius 3 is 2.71 bits per heavy atom. The molecule has 1 atom stereocenters. The number of hydrogen-bond donors (Lipinski definition) is 1. The predicted octanol–water partition coefficient (Wildman–Crippen LogP) is 0.464. The smallest absolute Gasteiger partial charge is 0.250 e. The maximum atomic E-state index is 11.6. The number of nitrogens with one attached hydrogen (secondary N) is 1. The Morgan fingerprint density at radius 2 is 2.00 bits per heavy atom. The largest absolute Gasteiger partial charge is 0.315 e. The lowest BCUT2D eigenvalue weighted by Crippen LogP contribution is -2.49. The molecule has 5 heteroatoms. The lowest BCUT2D eigenvalue weighted by atomic mass is 10.2. The van der Waals surface area contributed by atoms with Crippen LogP contribution in [0.5, 0.6) is 0 Å². The number of hydrogen-bond acceptors (Lipinski definition) is 4. The van der Waals surface area contributed by atoms with Crippen LogP contribution in [0.25, 0.3) is 0 Å². The zero-order valence-corrected chi connectivity index (χ0v) is 13.3. The second kappa shape index (κ2) is 8.32. The molecule has 0 aromatic carbocycles. The molecule has 0 amide bonds. The van der Waals surface area contributed by atoms with E-state index in [-0.39, 0.29) is 5.56 Å². The van der Waals surface area contributed by atoms with Gasteiger partial charge in [0.05, 0.1) is 0 Å². The molecule has 1 N–H and O–H groups in total. The average molecular weight is 292 g/mol. The van der Waals surface area contributed by atoms with E-state index >= 15 is 0 Å². The zero-order chi connectivity index (χ0) is 15.1. The van der Waals surface area contributed by atoms with Gasteiger partial charge in [-0.05, 0) is 33.0 Å². The summed E-state index contributed by atoms with van der Waals surface area (Å²) in [6, 6.07) is 5.81. The van der Waals surface area contributed by atoms with Crippen molar-refractivity contribution in [1.29, 1.82) is 0 Å². The molecule has 0 aliphatic carbocycles. The van der Waals surface area contributed by atoms with E-state index in [2.05, 4.69) is 29.1 Å². The first-order valence-corrected chi connectivity index (χ1v) is 7.95. The van der Waals surface area contributed by atoms with E-state index in [1.165, 1.54) is 26.2 Å². The molecule has 1 saturated heterocycles. The number of rotatable bonds is 7. The fraction of sp³-hybridized carbons (Fsp3) is 0.688. The van der Waals surface area contributed by atoms with Gasteiger partial charge in [-0.3, -0.25) is 9.69 Å². The predicted molar refractivity (Wildman–Crippen MR) is 86.7 cm³/mol. The molecular weight excluding hydrogens is 264 g/mol. The monoisotopic (exact) mass is 292 g/mol. The minimum Gasteiger partial charge on any atom is -0.315 e. The highest BCUT2D eigenvalue weighted by Crippen LogP contribution is 2.00. The molecule has 0 bridgehead atoms. The molecule has 1 aromatic rings. The minimum absolute atomic E-state index is 0.0861. The maximum Gasteiger partial charge on any atom is 0.250 e. The van der Waals surface area contributed by atoms with Crippen molar-refractivity contribution < 1.29 is 0 Å². The summed E-state index contributed by atoms with van der Waals surface area (Å²) in [6.45, 7) is 9.77. The minimum atomic E-state index is 0.0861. The van der Waals surface area contributed by atoms with Crippen LogP contribution in [0.15, 0.2) is 29.2 Å². The lowest BCUT2D eigenvalue weighted by molar-refractivity contribution is 0.144. The Morgan fingerprint density at radius 1 is 1.24 bits per heavy atom. The molecule has 2 rings (SSSR count). The molecular formula is C16H28N4O. The van der Waals surface area contributed by atoms with Crippen LogP contribution < -0.4 is 10.9 Å². The summed E-state index contributed by atoms with van der Waals surface area (Å²) in [6.07, 6.45) is 2.84. The van der Waals surface area contributed by atoms with Gasteiger partial charge in [-0.2, -0.15) is 0 Å².